The van der Waals surface area contributed by atoms with Crippen LogP contribution in [0.4, 0.5) is 0 Å². The van der Waals surface area contributed by atoms with Gasteiger partial charge in [0.1, 0.15) is 0 Å². The Balaban J connectivity index is 1.71. The SMILES string of the molecule is NCCC(=O)NCC1CCCCN1C(=O)c1ccc2ncsc2c1. The molecule has 6 nitrogen and oxygen atoms in total. The topological polar surface area (TPSA) is 88.3 Å². The molecule has 7 heteroatoms. The van der Waals surface area contributed by atoms with E-state index in [9.17, 15) is 9.59 Å². The van der Waals surface area contributed by atoms with E-state index in [1.54, 1.807) is 5.51 Å². The van der Waals surface area contributed by atoms with E-state index in [0.29, 0.717) is 25.1 Å². The van der Waals surface area contributed by atoms with Crippen molar-refractivity contribution < 1.29 is 9.59 Å². The van der Waals surface area contributed by atoms with Gasteiger partial charge in [0.15, 0.2) is 0 Å². The Labute approximate surface area is 145 Å². The lowest BCUT2D eigenvalue weighted by Gasteiger charge is -2.36. The van der Waals surface area contributed by atoms with E-state index in [2.05, 4.69) is 10.3 Å². The van der Waals surface area contributed by atoms with E-state index in [0.717, 1.165) is 36.0 Å². The van der Waals surface area contributed by atoms with Gasteiger partial charge in [0, 0.05) is 37.7 Å². The smallest absolute Gasteiger partial charge is 0.254 e. The first-order chi connectivity index (χ1) is 11.7. The maximum atomic E-state index is 12.9. The minimum Gasteiger partial charge on any atom is -0.354 e. The Morgan fingerprint density at radius 1 is 1.38 bits per heavy atom. The fraction of sp³-hybridized carbons (Fsp3) is 0.471. The molecule has 0 radical (unpaired) electrons. The fourth-order valence-electron chi connectivity index (χ4n) is 3.09. The van der Waals surface area contributed by atoms with Crippen molar-refractivity contribution in [3.05, 3.63) is 29.3 Å². The molecule has 0 bridgehead atoms. The van der Waals surface area contributed by atoms with Gasteiger partial charge in [-0.15, -0.1) is 11.3 Å². The van der Waals surface area contributed by atoms with E-state index >= 15 is 0 Å². The summed E-state index contributed by atoms with van der Waals surface area (Å²) in [5, 5.41) is 2.89. The Hall–Kier alpha value is -1.99. The molecule has 1 aliphatic heterocycles. The van der Waals surface area contributed by atoms with Gasteiger partial charge in [0.2, 0.25) is 5.91 Å². The molecule has 1 fully saturated rings. The summed E-state index contributed by atoms with van der Waals surface area (Å²) in [6, 6.07) is 5.68. The van der Waals surface area contributed by atoms with Crippen molar-refractivity contribution in [2.75, 3.05) is 19.6 Å². The summed E-state index contributed by atoms with van der Waals surface area (Å²) in [5.41, 5.74) is 8.79. The molecule has 128 valence electrons. The molecule has 24 heavy (non-hydrogen) atoms. The van der Waals surface area contributed by atoms with E-state index in [1.165, 1.54) is 11.3 Å². The molecule has 1 saturated heterocycles. The van der Waals surface area contributed by atoms with Gasteiger partial charge in [-0.2, -0.15) is 0 Å². The number of fused-ring (bicyclic) bond motifs is 1. The maximum absolute atomic E-state index is 12.9. The van der Waals surface area contributed by atoms with Crippen LogP contribution >= 0.6 is 11.3 Å². The van der Waals surface area contributed by atoms with Crippen LogP contribution in [0.15, 0.2) is 23.7 Å². The van der Waals surface area contributed by atoms with Gasteiger partial charge in [-0.25, -0.2) is 4.98 Å². The second-order valence-electron chi connectivity index (χ2n) is 6.03. The first-order valence-electron chi connectivity index (χ1n) is 8.30. The van der Waals surface area contributed by atoms with Crippen LogP contribution in [0, 0.1) is 0 Å². The number of thiazole rings is 1. The number of nitrogens with one attached hydrogen (secondary N) is 1. The molecule has 2 heterocycles. The Morgan fingerprint density at radius 2 is 2.25 bits per heavy atom. The second kappa shape index (κ2) is 7.72. The van der Waals surface area contributed by atoms with E-state index < -0.39 is 0 Å². The average Bonchev–Trinajstić information content (AvgIpc) is 3.07. The maximum Gasteiger partial charge on any atom is 0.254 e. The summed E-state index contributed by atoms with van der Waals surface area (Å²) in [5.74, 6) is -0.0235. The molecule has 0 spiro atoms. The number of amides is 2. The summed E-state index contributed by atoms with van der Waals surface area (Å²) < 4.78 is 1.02. The highest BCUT2D eigenvalue weighted by Crippen LogP contribution is 2.23. The van der Waals surface area contributed by atoms with Gasteiger partial charge in [-0.1, -0.05) is 0 Å². The molecule has 3 N–H and O–H groups in total. The third-order valence-corrected chi connectivity index (χ3v) is 5.16. The van der Waals surface area contributed by atoms with Crippen molar-refractivity contribution in [2.45, 2.75) is 31.7 Å². The summed E-state index contributed by atoms with van der Waals surface area (Å²) in [6.07, 6.45) is 3.32. The zero-order chi connectivity index (χ0) is 16.9. The lowest BCUT2D eigenvalue weighted by atomic mass is 10.0. The predicted molar refractivity (Wildman–Crippen MR) is 95.0 cm³/mol. The molecule has 1 aromatic carbocycles. The molecule has 2 amide bonds. The zero-order valence-electron chi connectivity index (χ0n) is 13.5. The standard InChI is InChI=1S/C17H22N4O2S/c18-7-6-16(22)19-10-13-3-1-2-8-21(13)17(23)12-4-5-14-15(9-12)24-11-20-14/h4-5,9,11,13H,1-3,6-8,10,18H2,(H,19,22). The van der Waals surface area contributed by atoms with Crippen LogP contribution < -0.4 is 11.1 Å². The van der Waals surface area contributed by atoms with Gasteiger partial charge >= 0.3 is 0 Å². The number of carbonyl (C=O) groups excluding carboxylic acids is 2. The third kappa shape index (κ3) is 3.73. The quantitative estimate of drug-likeness (QED) is 0.863. The number of carbonyl (C=O) groups is 2. The molecule has 1 aromatic heterocycles. The summed E-state index contributed by atoms with van der Waals surface area (Å²) >= 11 is 1.54. The molecule has 1 aliphatic rings. The van der Waals surface area contributed by atoms with E-state index in [4.69, 9.17) is 5.73 Å². The molecule has 1 atom stereocenters. The minimum atomic E-state index is -0.0541. The number of likely N-dealkylation sites (tertiary alicyclic amines) is 1. The molecular weight excluding hydrogens is 324 g/mol. The highest BCUT2D eigenvalue weighted by atomic mass is 32.1. The summed E-state index contributed by atoms with van der Waals surface area (Å²) in [4.78, 5) is 30.7. The number of piperidine rings is 1. The molecule has 2 aromatic rings. The van der Waals surface area contributed by atoms with Gasteiger partial charge in [0.05, 0.1) is 15.7 Å². The number of nitrogens with zero attached hydrogens (tertiary/aromatic N) is 2. The van der Waals surface area contributed by atoms with Crippen molar-refractivity contribution in [2.24, 2.45) is 5.73 Å². The first kappa shape index (κ1) is 16.9. The van der Waals surface area contributed by atoms with Crippen LogP contribution in [-0.4, -0.2) is 47.4 Å². The molecule has 3 rings (SSSR count). The normalized spacial score (nSPS) is 17.9. The summed E-state index contributed by atoms with van der Waals surface area (Å²) in [6.45, 7) is 1.57. The van der Waals surface area contributed by atoms with Crippen molar-refractivity contribution in [1.82, 2.24) is 15.2 Å². The van der Waals surface area contributed by atoms with Crippen LogP contribution in [0.1, 0.15) is 36.0 Å². The number of aromatic nitrogens is 1. The lowest BCUT2D eigenvalue weighted by molar-refractivity contribution is -0.121. The largest absolute Gasteiger partial charge is 0.354 e. The molecule has 0 aliphatic carbocycles. The van der Waals surface area contributed by atoms with Crippen molar-refractivity contribution >= 4 is 33.4 Å². The van der Waals surface area contributed by atoms with E-state index in [1.807, 2.05) is 23.1 Å². The number of hydrogen-bond acceptors (Lipinski definition) is 5. The van der Waals surface area contributed by atoms with Crippen LogP contribution in [0.2, 0.25) is 0 Å². The lowest BCUT2D eigenvalue weighted by Crippen LogP contribution is -2.49. The fourth-order valence-corrected chi connectivity index (χ4v) is 3.80. The van der Waals surface area contributed by atoms with Gasteiger partial charge in [0.25, 0.3) is 5.91 Å². The Bertz CT molecular complexity index is 730. The zero-order valence-corrected chi connectivity index (χ0v) is 14.3. The monoisotopic (exact) mass is 346 g/mol. The molecule has 1 unspecified atom stereocenters. The van der Waals surface area contributed by atoms with Crippen molar-refractivity contribution in [1.29, 1.82) is 0 Å². The van der Waals surface area contributed by atoms with Crippen LogP contribution in [0.25, 0.3) is 10.2 Å². The molecule has 0 saturated carbocycles. The number of benzene rings is 1. The highest BCUT2D eigenvalue weighted by Gasteiger charge is 2.27. The van der Waals surface area contributed by atoms with Crippen molar-refractivity contribution in [3.63, 3.8) is 0 Å². The van der Waals surface area contributed by atoms with Crippen LogP contribution in [0.5, 0.6) is 0 Å². The Morgan fingerprint density at radius 3 is 3.08 bits per heavy atom. The average molecular weight is 346 g/mol. The highest BCUT2D eigenvalue weighted by molar-refractivity contribution is 7.16. The van der Waals surface area contributed by atoms with Gasteiger partial charge in [-0.3, -0.25) is 9.59 Å². The third-order valence-electron chi connectivity index (χ3n) is 4.37. The van der Waals surface area contributed by atoms with Gasteiger partial charge < -0.3 is 16.0 Å². The second-order valence-corrected chi connectivity index (χ2v) is 6.91. The van der Waals surface area contributed by atoms with Crippen LogP contribution in [0.3, 0.4) is 0 Å². The predicted octanol–water partition coefficient (Wildman–Crippen LogP) is 1.76. The van der Waals surface area contributed by atoms with Crippen molar-refractivity contribution in [3.8, 4) is 0 Å². The van der Waals surface area contributed by atoms with Crippen LogP contribution in [-0.2, 0) is 4.79 Å². The number of nitrogens with two attached hydrogens (primary N) is 1. The summed E-state index contributed by atoms with van der Waals surface area (Å²) in [7, 11) is 0. The number of rotatable bonds is 5. The van der Waals surface area contributed by atoms with Gasteiger partial charge in [-0.05, 0) is 37.5 Å². The minimum absolute atomic E-state index is 0.0306. The first-order valence-corrected chi connectivity index (χ1v) is 9.18. The molecular formula is C17H22N4O2S. The number of hydrogen-bond donors (Lipinski definition) is 2. The van der Waals surface area contributed by atoms with E-state index in [-0.39, 0.29) is 17.9 Å². The Kier molecular flexibility index (Phi) is 5.42.